The zero-order valence-electron chi connectivity index (χ0n) is 15.4. The topological polar surface area (TPSA) is 91.4 Å². The lowest BCUT2D eigenvalue weighted by Gasteiger charge is -2.24. The summed E-state index contributed by atoms with van der Waals surface area (Å²) in [6, 6.07) is 10.0. The predicted octanol–water partition coefficient (Wildman–Crippen LogP) is 2.22. The summed E-state index contributed by atoms with van der Waals surface area (Å²) >= 11 is 0. The van der Waals surface area contributed by atoms with E-state index in [0.29, 0.717) is 29.8 Å². The fourth-order valence-electron chi connectivity index (χ4n) is 3.40. The Morgan fingerprint density at radius 2 is 1.86 bits per heavy atom. The molecule has 1 aromatic heterocycles. The molecule has 2 N–H and O–H groups in total. The maximum Gasteiger partial charge on any atom is 0.257 e. The Balaban J connectivity index is 1.46. The van der Waals surface area contributed by atoms with Crippen molar-refractivity contribution in [2.45, 2.75) is 37.8 Å². The lowest BCUT2D eigenvalue weighted by Crippen LogP contribution is -2.46. The molecule has 1 saturated carbocycles. The molecule has 7 heteroatoms. The van der Waals surface area contributed by atoms with E-state index in [1.807, 2.05) is 0 Å². The molecule has 1 atom stereocenters. The molecule has 2 fully saturated rings. The molecule has 0 spiro atoms. The van der Waals surface area contributed by atoms with Crippen LogP contribution >= 0.6 is 0 Å². The molecule has 0 bridgehead atoms. The minimum Gasteiger partial charge on any atom is -0.352 e. The summed E-state index contributed by atoms with van der Waals surface area (Å²) in [5, 5.41) is 5.78. The van der Waals surface area contributed by atoms with Crippen molar-refractivity contribution < 1.29 is 14.4 Å². The van der Waals surface area contributed by atoms with Gasteiger partial charge in [0.25, 0.3) is 11.8 Å². The summed E-state index contributed by atoms with van der Waals surface area (Å²) in [6.07, 6.45) is 6.61. The van der Waals surface area contributed by atoms with E-state index in [-0.39, 0.29) is 23.8 Å². The SMILES string of the molecule is O=C(Nc1cccc(C(=O)N2CCCC2C(=O)NC2CC2)c1)c1cccnc1. The van der Waals surface area contributed by atoms with Gasteiger partial charge >= 0.3 is 0 Å². The Morgan fingerprint density at radius 1 is 1.04 bits per heavy atom. The van der Waals surface area contributed by atoms with Gasteiger partial charge in [0.15, 0.2) is 0 Å². The number of anilines is 1. The largest absolute Gasteiger partial charge is 0.352 e. The highest BCUT2D eigenvalue weighted by molar-refractivity contribution is 6.05. The van der Waals surface area contributed by atoms with Crippen LogP contribution in [0.1, 0.15) is 46.4 Å². The van der Waals surface area contributed by atoms with Crippen LogP contribution in [0.25, 0.3) is 0 Å². The average Bonchev–Trinajstić information content (AvgIpc) is 3.39. The highest BCUT2D eigenvalue weighted by Crippen LogP contribution is 2.24. The monoisotopic (exact) mass is 378 g/mol. The van der Waals surface area contributed by atoms with E-state index >= 15 is 0 Å². The van der Waals surface area contributed by atoms with Crippen molar-refractivity contribution in [2.24, 2.45) is 0 Å². The molecule has 3 amide bonds. The fraction of sp³-hybridized carbons (Fsp3) is 0.333. The van der Waals surface area contributed by atoms with Crippen molar-refractivity contribution in [2.75, 3.05) is 11.9 Å². The van der Waals surface area contributed by atoms with Crippen LogP contribution in [-0.2, 0) is 4.79 Å². The number of benzene rings is 1. The number of carbonyl (C=O) groups is 3. The number of carbonyl (C=O) groups excluding carboxylic acids is 3. The summed E-state index contributed by atoms with van der Waals surface area (Å²) in [5.74, 6) is -0.541. The van der Waals surface area contributed by atoms with Gasteiger partial charge in [-0.3, -0.25) is 19.4 Å². The zero-order valence-corrected chi connectivity index (χ0v) is 15.4. The molecule has 1 aliphatic heterocycles. The summed E-state index contributed by atoms with van der Waals surface area (Å²) in [4.78, 5) is 43.3. The van der Waals surface area contributed by atoms with Gasteiger partial charge in [0.2, 0.25) is 5.91 Å². The molecule has 28 heavy (non-hydrogen) atoms. The number of amides is 3. The number of nitrogens with one attached hydrogen (secondary N) is 2. The van der Waals surface area contributed by atoms with Gasteiger partial charge in [0.1, 0.15) is 6.04 Å². The second kappa shape index (κ2) is 7.80. The van der Waals surface area contributed by atoms with Crippen molar-refractivity contribution >= 4 is 23.4 Å². The lowest BCUT2D eigenvalue weighted by molar-refractivity contribution is -0.125. The first kappa shape index (κ1) is 18.2. The Hall–Kier alpha value is -3.22. The van der Waals surface area contributed by atoms with Gasteiger partial charge in [-0.05, 0) is 56.0 Å². The zero-order chi connectivity index (χ0) is 19.5. The van der Waals surface area contributed by atoms with E-state index in [2.05, 4.69) is 15.6 Å². The minimum atomic E-state index is -0.415. The van der Waals surface area contributed by atoms with Crippen molar-refractivity contribution in [1.29, 1.82) is 0 Å². The highest BCUT2D eigenvalue weighted by Gasteiger charge is 2.36. The third-order valence-corrected chi connectivity index (χ3v) is 5.03. The van der Waals surface area contributed by atoms with Crippen LogP contribution in [0.4, 0.5) is 5.69 Å². The molecule has 7 nitrogen and oxygen atoms in total. The van der Waals surface area contributed by atoms with Gasteiger partial charge in [-0.2, -0.15) is 0 Å². The Labute approximate surface area is 163 Å². The fourth-order valence-corrected chi connectivity index (χ4v) is 3.40. The molecule has 0 radical (unpaired) electrons. The summed E-state index contributed by atoms with van der Waals surface area (Å²) in [7, 11) is 0. The van der Waals surface area contributed by atoms with Crippen LogP contribution in [0.3, 0.4) is 0 Å². The predicted molar refractivity (Wildman–Crippen MR) is 104 cm³/mol. The number of likely N-dealkylation sites (tertiary alicyclic amines) is 1. The van der Waals surface area contributed by atoms with E-state index in [9.17, 15) is 14.4 Å². The van der Waals surface area contributed by atoms with Gasteiger partial charge in [-0.25, -0.2) is 0 Å². The van der Waals surface area contributed by atoms with Crippen molar-refractivity contribution in [1.82, 2.24) is 15.2 Å². The Kier molecular flexibility index (Phi) is 5.06. The van der Waals surface area contributed by atoms with E-state index in [4.69, 9.17) is 0 Å². The number of aromatic nitrogens is 1. The first-order valence-corrected chi connectivity index (χ1v) is 9.54. The first-order valence-electron chi connectivity index (χ1n) is 9.54. The molecule has 1 aromatic carbocycles. The Bertz CT molecular complexity index is 896. The maximum atomic E-state index is 13.0. The standard InChI is InChI=1S/C21H22N4O3/c26-19(15-5-2-10-22-13-15)24-17-6-1-4-14(12-17)21(28)25-11-3-7-18(25)20(27)23-16-8-9-16/h1-2,4-6,10,12-13,16,18H,3,7-9,11H2,(H,23,27)(H,24,26). The number of nitrogens with zero attached hydrogens (tertiary/aromatic N) is 2. The third kappa shape index (κ3) is 4.03. The smallest absolute Gasteiger partial charge is 0.257 e. The quantitative estimate of drug-likeness (QED) is 0.835. The maximum absolute atomic E-state index is 13.0. The first-order chi connectivity index (χ1) is 13.6. The van der Waals surface area contributed by atoms with Crippen LogP contribution < -0.4 is 10.6 Å². The van der Waals surface area contributed by atoms with Crippen LogP contribution in [0.15, 0.2) is 48.8 Å². The third-order valence-electron chi connectivity index (χ3n) is 5.03. The van der Waals surface area contributed by atoms with Crippen molar-refractivity contribution in [3.8, 4) is 0 Å². The van der Waals surface area contributed by atoms with E-state index in [1.54, 1.807) is 47.5 Å². The molecular weight excluding hydrogens is 356 g/mol. The molecule has 4 rings (SSSR count). The van der Waals surface area contributed by atoms with E-state index < -0.39 is 6.04 Å². The molecule has 2 heterocycles. The summed E-state index contributed by atoms with van der Waals surface area (Å²) < 4.78 is 0. The second-order valence-electron chi connectivity index (χ2n) is 7.22. The molecule has 1 unspecified atom stereocenters. The van der Waals surface area contributed by atoms with Gasteiger partial charge < -0.3 is 15.5 Å². The van der Waals surface area contributed by atoms with E-state index in [1.165, 1.54) is 6.20 Å². The summed E-state index contributed by atoms with van der Waals surface area (Å²) in [5.41, 5.74) is 1.42. The van der Waals surface area contributed by atoms with Gasteiger partial charge in [0, 0.05) is 36.2 Å². The van der Waals surface area contributed by atoms with Gasteiger partial charge in [0.05, 0.1) is 5.56 Å². The van der Waals surface area contributed by atoms with Crippen molar-refractivity contribution in [3.63, 3.8) is 0 Å². The number of hydrogen-bond donors (Lipinski definition) is 2. The normalized spacial score (nSPS) is 18.6. The van der Waals surface area contributed by atoms with E-state index in [0.717, 1.165) is 19.3 Å². The van der Waals surface area contributed by atoms with Crippen molar-refractivity contribution in [3.05, 3.63) is 59.9 Å². The van der Waals surface area contributed by atoms with Gasteiger partial charge in [-0.1, -0.05) is 6.07 Å². The number of pyridine rings is 1. The minimum absolute atomic E-state index is 0.0608. The molecule has 2 aromatic rings. The molecule has 1 saturated heterocycles. The average molecular weight is 378 g/mol. The lowest BCUT2D eigenvalue weighted by atomic mass is 10.1. The van der Waals surface area contributed by atoms with Gasteiger partial charge in [-0.15, -0.1) is 0 Å². The molecule has 2 aliphatic rings. The number of hydrogen-bond acceptors (Lipinski definition) is 4. The summed E-state index contributed by atoms with van der Waals surface area (Å²) in [6.45, 7) is 0.563. The molecule has 1 aliphatic carbocycles. The van der Waals surface area contributed by atoms with Crippen LogP contribution in [-0.4, -0.2) is 46.2 Å². The molecule has 144 valence electrons. The molecular formula is C21H22N4O3. The van der Waals surface area contributed by atoms with Crippen LogP contribution in [0, 0.1) is 0 Å². The van der Waals surface area contributed by atoms with Crippen LogP contribution in [0.2, 0.25) is 0 Å². The Morgan fingerprint density at radius 3 is 2.61 bits per heavy atom. The van der Waals surface area contributed by atoms with Crippen LogP contribution in [0.5, 0.6) is 0 Å². The highest BCUT2D eigenvalue weighted by atomic mass is 16.2. The second-order valence-corrected chi connectivity index (χ2v) is 7.22. The number of rotatable bonds is 5.